The van der Waals surface area contributed by atoms with Gasteiger partial charge in [-0.2, -0.15) is 0 Å². The van der Waals surface area contributed by atoms with Crippen molar-refractivity contribution in [3.63, 3.8) is 0 Å². The number of likely N-dealkylation sites (tertiary alicyclic amines) is 1. The molecule has 1 fully saturated rings. The minimum absolute atomic E-state index is 0.0343. The number of ether oxygens (including phenoxy) is 2. The predicted octanol–water partition coefficient (Wildman–Crippen LogP) is 1.99. The van der Waals surface area contributed by atoms with Crippen LogP contribution in [0.25, 0.3) is 0 Å². The Labute approximate surface area is 186 Å². The number of piperidine rings is 1. The van der Waals surface area contributed by atoms with Gasteiger partial charge in [0.25, 0.3) is 15.9 Å². The van der Waals surface area contributed by atoms with Crippen LogP contribution in [0, 0.1) is 5.92 Å². The molecule has 0 unspecified atom stereocenters. The summed E-state index contributed by atoms with van der Waals surface area (Å²) in [6, 6.07) is 10.8. The van der Waals surface area contributed by atoms with E-state index in [1.54, 1.807) is 29.2 Å². The number of primary amides is 1. The lowest BCUT2D eigenvalue weighted by Crippen LogP contribution is -2.41. The molecule has 0 atom stereocenters. The standard InChI is InChI=1S/C22H25N3O6S/c23-21(26)15-7-9-25(10-8-15)22(27)16-3-1-4-17(13-16)24-32(28,29)18-5-6-19-20(14-18)31-12-2-11-30-19/h1,3-6,13-15,24H,2,7-12H2,(H2,23,26). The summed E-state index contributed by atoms with van der Waals surface area (Å²) in [5, 5.41) is 0. The molecule has 10 heteroatoms. The minimum Gasteiger partial charge on any atom is -0.490 e. The second kappa shape index (κ2) is 9.07. The quantitative estimate of drug-likeness (QED) is 0.704. The Hall–Kier alpha value is -3.27. The van der Waals surface area contributed by atoms with Crippen molar-refractivity contribution in [3.05, 3.63) is 48.0 Å². The lowest BCUT2D eigenvalue weighted by Gasteiger charge is -2.30. The Bertz CT molecular complexity index is 1130. The van der Waals surface area contributed by atoms with Crippen molar-refractivity contribution < 1.29 is 27.5 Å². The van der Waals surface area contributed by atoms with Gasteiger partial charge in [-0.25, -0.2) is 8.42 Å². The van der Waals surface area contributed by atoms with Crippen molar-refractivity contribution in [3.8, 4) is 11.5 Å². The highest BCUT2D eigenvalue weighted by molar-refractivity contribution is 7.92. The molecule has 4 rings (SSSR count). The van der Waals surface area contributed by atoms with Gasteiger partial charge in [0, 0.05) is 42.7 Å². The highest BCUT2D eigenvalue weighted by Crippen LogP contribution is 2.32. The van der Waals surface area contributed by atoms with Gasteiger partial charge in [0.1, 0.15) is 0 Å². The molecule has 0 aromatic heterocycles. The van der Waals surface area contributed by atoms with Gasteiger partial charge < -0.3 is 20.1 Å². The van der Waals surface area contributed by atoms with E-state index in [-0.39, 0.29) is 28.3 Å². The Morgan fingerprint density at radius 2 is 1.72 bits per heavy atom. The zero-order chi connectivity index (χ0) is 22.7. The fraction of sp³-hybridized carbons (Fsp3) is 0.364. The monoisotopic (exact) mass is 459 g/mol. The van der Waals surface area contributed by atoms with Crippen LogP contribution < -0.4 is 19.9 Å². The van der Waals surface area contributed by atoms with E-state index in [1.165, 1.54) is 18.2 Å². The van der Waals surface area contributed by atoms with Gasteiger partial charge in [0.05, 0.1) is 18.1 Å². The summed E-state index contributed by atoms with van der Waals surface area (Å²) in [5.74, 6) is 0.114. The molecule has 0 spiro atoms. The molecule has 2 heterocycles. The van der Waals surface area contributed by atoms with E-state index in [0.29, 0.717) is 56.2 Å². The SMILES string of the molecule is NC(=O)C1CCN(C(=O)c2cccc(NS(=O)(=O)c3ccc4c(c3)OCCCO4)c2)CC1. The second-order valence-corrected chi connectivity index (χ2v) is 9.50. The van der Waals surface area contributed by atoms with E-state index in [0.717, 1.165) is 6.42 Å². The Morgan fingerprint density at radius 1 is 1.00 bits per heavy atom. The summed E-state index contributed by atoms with van der Waals surface area (Å²) in [7, 11) is -3.90. The minimum atomic E-state index is -3.90. The summed E-state index contributed by atoms with van der Waals surface area (Å²) < 4.78 is 39.5. The fourth-order valence-electron chi connectivity index (χ4n) is 3.79. The third kappa shape index (κ3) is 4.80. The first-order valence-corrected chi connectivity index (χ1v) is 11.9. The molecule has 0 aliphatic carbocycles. The van der Waals surface area contributed by atoms with Crippen LogP contribution in [0.1, 0.15) is 29.6 Å². The first-order chi connectivity index (χ1) is 15.3. The van der Waals surface area contributed by atoms with Gasteiger partial charge in [-0.05, 0) is 43.2 Å². The van der Waals surface area contributed by atoms with Gasteiger partial charge in [-0.3, -0.25) is 14.3 Å². The van der Waals surface area contributed by atoms with E-state index in [1.807, 2.05) is 0 Å². The van der Waals surface area contributed by atoms with E-state index in [9.17, 15) is 18.0 Å². The van der Waals surface area contributed by atoms with Crippen LogP contribution in [0.2, 0.25) is 0 Å². The molecule has 2 aromatic rings. The van der Waals surface area contributed by atoms with Gasteiger partial charge in [-0.1, -0.05) is 6.07 Å². The van der Waals surface area contributed by atoms with Crippen molar-refractivity contribution >= 4 is 27.5 Å². The van der Waals surface area contributed by atoms with E-state index < -0.39 is 10.0 Å². The topological polar surface area (TPSA) is 128 Å². The van der Waals surface area contributed by atoms with Crippen LogP contribution in [-0.2, 0) is 14.8 Å². The number of nitrogens with one attached hydrogen (secondary N) is 1. The number of anilines is 1. The third-order valence-corrected chi connectivity index (χ3v) is 6.95. The Morgan fingerprint density at radius 3 is 2.44 bits per heavy atom. The summed E-state index contributed by atoms with van der Waals surface area (Å²) >= 11 is 0. The predicted molar refractivity (Wildman–Crippen MR) is 117 cm³/mol. The van der Waals surface area contributed by atoms with Crippen LogP contribution in [0.15, 0.2) is 47.4 Å². The number of hydrogen-bond acceptors (Lipinski definition) is 6. The molecule has 0 saturated carbocycles. The number of benzene rings is 2. The number of amides is 2. The lowest BCUT2D eigenvalue weighted by molar-refractivity contribution is -0.123. The molecular weight excluding hydrogens is 434 g/mol. The van der Waals surface area contributed by atoms with Crippen molar-refractivity contribution in [2.24, 2.45) is 11.7 Å². The summed E-state index contributed by atoms with van der Waals surface area (Å²) in [6.07, 6.45) is 1.77. The maximum Gasteiger partial charge on any atom is 0.262 e. The molecular formula is C22H25N3O6S. The zero-order valence-corrected chi connectivity index (χ0v) is 18.3. The van der Waals surface area contributed by atoms with Crippen LogP contribution in [0.4, 0.5) is 5.69 Å². The van der Waals surface area contributed by atoms with E-state index >= 15 is 0 Å². The summed E-state index contributed by atoms with van der Waals surface area (Å²) in [6.45, 7) is 1.82. The zero-order valence-electron chi connectivity index (χ0n) is 17.5. The Kier molecular flexibility index (Phi) is 6.22. The number of nitrogens with zero attached hydrogens (tertiary/aromatic N) is 1. The summed E-state index contributed by atoms with van der Waals surface area (Å²) in [5.41, 5.74) is 5.98. The van der Waals surface area contributed by atoms with Gasteiger partial charge >= 0.3 is 0 Å². The number of nitrogens with two attached hydrogens (primary N) is 1. The number of carbonyl (C=O) groups is 2. The smallest absolute Gasteiger partial charge is 0.262 e. The number of rotatable bonds is 5. The maximum absolute atomic E-state index is 12.9. The molecule has 1 saturated heterocycles. The molecule has 3 N–H and O–H groups in total. The van der Waals surface area contributed by atoms with Crippen LogP contribution in [0.3, 0.4) is 0 Å². The average Bonchev–Trinajstić information content (AvgIpc) is 3.03. The van der Waals surface area contributed by atoms with Crippen molar-refractivity contribution in [1.82, 2.24) is 4.90 Å². The largest absolute Gasteiger partial charge is 0.490 e. The van der Waals surface area contributed by atoms with Crippen LogP contribution in [-0.4, -0.2) is 51.4 Å². The molecule has 170 valence electrons. The van der Waals surface area contributed by atoms with Crippen molar-refractivity contribution in [1.29, 1.82) is 0 Å². The molecule has 32 heavy (non-hydrogen) atoms. The Balaban J connectivity index is 1.48. The number of sulfonamides is 1. The van der Waals surface area contributed by atoms with Crippen LogP contribution in [0.5, 0.6) is 11.5 Å². The number of fused-ring (bicyclic) bond motifs is 1. The first-order valence-electron chi connectivity index (χ1n) is 10.4. The number of hydrogen-bond donors (Lipinski definition) is 2. The average molecular weight is 460 g/mol. The van der Waals surface area contributed by atoms with Gasteiger partial charge in [0.2, 0.25) is 5.91 Å². The van der Waals surface area contributed by atoms with Crippen molar-refractivity contribution in [2.45, 2.75) is 24.2 Å². The maximum atomic E-state index is 12.9. The molecule has 2 aliphatic rings. The first kappa shape index (κ1) is 21.9. The molecule has 9 nitrogen and oxygen atoms in total. The van der Waals surface area contributed by atoms with Gasteiger partial charge in [0.15, 0.2) is 11.5 Å². The van der Waals surface area contributed by atoms with Crippen LogP contribution >= 0.6 is 0 Å². The highest BCUT2D eigenvalue weighted by atomic mass is 32.2. The molecule has 0 radical (unpaired) electrons. The normalized spacial score (nSPS) is 16.8. The molecule has 2 aromatic carbocycles. The molecule has 0 bridgehead atoms. The molecule has 2 amide bonds. The second-order valence-electron chi connectivity index (χ2n) is 7.81. The van der Waals surface area contributed by atoms with E-state index in [4.69, 9.17) is 15.2 Å². The molecule has 2 aliphatic heterocycles. The number of carbonyl (C=O) groups excluding carboxylic acids is 2. The van der Waals surface area contributed by atoms with Gasteiger partial charge in [-0.15, -0.1) is 0 Å². The summed E-state index contributed by atoms with van der Waals surface area (Å²) in [4.78, 5) is 25.9. The van der Waals surface area contributed by atoms with Crippen molar-refractivity contribution in [2.75, 3.05) is 31.0 Å². The fourth-order valence-corrected chi connectivity index (χ4v) is 4.85. The highest BCUT2D eigenvalue weighted by Gasteiger charge is 2.27. The lowest BCUT2D eigenvalue weighted by atomic mass is 9.96. The third-order valence-electron chi connectivity index (χ3n) is 5.58. The van der Waals surface area contributed by atoms with E-state index in [2.05, 4.69) is 4.72 Å².